The molecule has 0 aliphatic carbocycles. The molecule has 1 aromatic rings. The summed E-state index contributed by atoms with van der Waals surface area (Å²) in [5.41, 5.74) is 1.01. The fourth-order valence-corrected chi connectivity index (χ4v) is 2.64. The molecule has 1 aliphatic rings. The van der Waals surface area contributed by atoms with Crippen molar-refractivity contribution in [2.75, 3.05) is 19.6 Å². The predicted octanol–water partition coefficient (Wildman–Crippen LogP) is 0.981. The van der Waals surface area contributed by atoms with Gasteiger partial charge in [-0.2, -0.15) is 0 Å². The van der Waals surface area contributed by atoms with E-state index in [1.165, 1.54) is 11.5 Å². The minimum atomic E-state index is -0.00641. The normalized spacial score (nSPS) is 20.5. The first-order valence-corrected chi connectivity index (χ1v) is 6.59. The second-order valence-electron chi connectivity index (χ2n) is 5.07. The maximum Gasteiger partial charge on any atom is 0.219 e. The Morgan fingerprint density at radius 1 is 1.53 bits per heavy atom. The molecule has 0 N–H and O–H groups in total. The van der Waals surface area contributed by atoms with Gasteiger partial charge < -0.3 is 4.90 Å². The lowest BCUT2D eigenvalue weighted by Crippen LogP contribution is -2.59. The SMILES string of the molecule is CC(=O)N1CCN(Cc2csnn2)C(C)(C)C1. The van der Waals surface area contributed by atoms with Crippen molar-refractivity contribution in [1.29, 1.82) is 0 Å². The molecule has 1 amide bonds. The van der Waals surface area contributed by atoms with Crippen molar-refractivity contribution in [3.63, 3.8) is 0 Å². The molecule has 2 heterocycles. The smallest absolute Gasteiger partial charge is 0.219 e. The van der Waals surface area contributed by atoms with Crippen LogP contribution in [0.2, 0.25) is 0 Å². The number of nitrogens with zero attached hydrogens (tertiary/aromatic N) is 4. The molecule has 0 aromatic carbocycles. The predicted molar refractivity (Wildman–Crippen MR) is 66.7 cm³/mol. The quantitative estimate of drug-likeness (QED) is 0.789. The Morgan fingerprint density at radius 3 is 2.82 bits per heavy atom. The van der Waals surface area contributed by atoms with E-state index in [2.05, 4.69) is 28.3 Å². The maximum atomic E-state index is 11.4. The van der Waals surface area contributed by atoms with Crippen molar-refractivity contribution in [2.45, 2.75) is 32.9 Å². The largest absolute Gasteiger partial charge is 0.340 e. The van der Waals surface area contributed by atoms with Crippen LogP contribution in [0.5, 0.6) is 0 Å². The molecule has 0 bridgehead atoms. The molecule has 1 aromatic heterocycles. The van der Waals surface area contributed by atoms with Crippen LogP contribution in [-0.4, -0.2) is 50.5 Å². The summed E-state index contributed by atoms with van der Waals surface area (Å²) in [5, 5.41) is 6.06. The number of hydrogen-bond acceptors (Lipinski definition) is 5. The molecule has 0 unspecified atom stereocenters. The van der Waals surface area contributed by atoms with E-state index in [0.717, 1.165) is 31.9 Å². The van der Waals surface area contributed by atoms with Crippen molar-refractivity contribution in [1.82, 2.24) is 19.4 Å². The topological polar surface area (TPSA) is 49.3 Å². The zero-order valence-corrected chi connectivity index (χ0v) is 11.3. The fourth-order valence-electron chi connectivity index (χ4n) is 2.20. The average molecular weight is 254 g/mol. The summed E-state index contributed by atoms with van der Waals surface area (Å²) in [6.07, 6.45) is 0. The monoisotopic (exact) mass is 254 g/mol. The Morgan fingerprint density at radius 2 is 2.29 bits per heavy atom. The van der Waals surface area contributed by atoms with Gasteiger partial charge in [0.25, 0.3) is 0 Å². The van der Waals surface area contributed by atoms with E-state index < -0.39 is 0 Å². The van der Waals surface area contributed by atoms with Gasteiger partial charge >= 0.3 is 0 Å². The Hall–Kier alpha value is -1.01. The third kappa shape index (κ3) is 2.81. The second kappa shape index (κ2) is 4.70. The standard InChI is InChI=1S/C11H18N4OS/c1-9(16)14-4-5-15(11(2,3)8-14)6-10-7-17-13-12-10/h7H,4-6,8H2,1-3H3. The summed E-state index contributed by atoms with van der Waals surface area (Å²) in [5.74, 6) is 0.160. The van der Waals surface area contributed by atoms with Gasteiger partial charge in [-0.3, -0.25) is 9.69 Å². The number of aromatic nitrogens is 2. The van der Waals surface area contributed by atoms with E-state index in [9.17, 15) is 4.79 Å². The minimum absolute atomic E-state index is 0.00641. The van der Waals surface area contributed by atoms with Gasteiger partial charge in [-0.05, 0) is 25.4 Å². The number of carbonyl (C=O) groups is 1. The highest BCUT2D eigenvalue weighted by molar-refractivity contribution is 7.03. The molecule has 6 heteroatoms. The average Bonchev–Trinajstić information content (AvgIpc) is 2.73. The second-order valence-corrected chi connectivity index (χ2v) is 5.68. The van der Waals surface area contributed by atoms with Crippen molar-refractivity contribution < 1.29 is 4.79 Å². The van der Waals surface area contributed by atoms with E-state index in [4.69, 9.17) is 0 Å². The molecule has 94 valence electrons. The third-order valence-corrected chi connectivity index (χ3v) is 3.83. The highest BCUT2D eigenvalue weighted by atomic mass is 32.1. The van der Waals surface area contributed by atoms with Gasteiger partial charge in [0.15, 0.2) is 0 Å². The molecule has 2 rings (SSSR count). The Bertz CT molecular complexity index is 390. The van der Waals surface area contributed by atoms with E-state index in [1.807, 2.05) is 10.3 Å². The first kappa shape index (κ1) is 12.4. The van der Waals surface area contributed by atoms with Crippen molar-refractivity contribution in [3.8, 4) is 0 Å². The van der Waals surface area contributed by atoms with Crippen molar-refractivity contribution in [2.24, 2.45) is 0 Å². The number of hydrogen-bond donors (Lipinski definition) is 0. The van der Waals surface area contributed by atoms with Crippen LogP contribution in [0.1, 0.15) is 26.5 Å². The Balaban J connectivity index is 2.03. The molecule has 17 heavy (non-hydrogen) atoms. The summed E-state index contributed by atoms with van der Waals surface area (Å²) < 4.78 is 3.88. The van der Waals surface area contributed by atoms with Gasteiger partial charge in [0.1, 0.15) is 0 Å². The van der Waals surface area contributed by atoms with Gasteiger partial charge in [0, 0.05) is 44.0 Å². The molecule has 0 spiro atoms. The van der Waals surface area contributed by atoms with Crippen LogP contribution in [0.4, 0.5) is 0 Å². The summed E-state index contributed by atoms with van der Waals surface area (Å²) in [6.45, 7) is 9.26. The van der Waals surface area contributed by atoms with Crippen molar-refractivity contribution in [3.05, 3.63) is 11.1 Å². The summed E-state index contributed by atoms with van der Waals surface area (Å²) >= 11 is 1.38. The summed E-state index contributed by atoms with van der Waals surface area (Å²) in [6, 6.07) is 0. The zero-order valence-electron chi connectivity index (χ0n) is 10.5. The van der Waals surface area contributed by atoms with E-state index >= 15 is 0 Å². The third-order valence-electron chi connectivity index (χ3n) is 3.28. The molecular weight excluding hydrogens is 236 g/mol. The molecule has 0 atom stereocenters. The Kier molecular flexibility index (Phi) is 3.44. The molecule has 1 aliphatic heterocycles. The van der Waals surface area contributed by atoms with Crippen LogP contribution in [0.15, 0.2) is 5.38 Å². The van der Waals surface area contributed by atoms with Gasteiger partial charge in [-0.1, -0.05) is 4.49 Å². The fraction of sp³-hybridized carbons (Fsp3) is 0.727. The molecule has 0 radical (unpaired) electrons. The van der Waals surface area contributed by atoms with Crippen molar-refractivity contribution >= 4 is 17.4 Å². The number of carbonyl (C=O) groups excluding carboxylic acids is 1. The first-order chi connectivity index (χ1) is 7.99. The van der Waals surface area contributed by atoms with E-state index in [-0.39, 0.29) is 11.4 Å². The number of piperazine rings is 1. The lowest BCUT2D eigenvalue weighted by atomic mass is 9.98. The summed E-state index contributed by atoms with van der Waals surface area (Å²) in [7, 11) is 0. The highest BCUT2D eigenvalue weighted by Gasteiger charge is 2.34. The lowest BCUT2D eigenvalue weighted by molar-refractivity contribution is -0.134. The minimum Gasteiger partial charge on any atom is -0.340 e. The molecular formula is C11H18N4OS. The lowest BCUT2D eigenvalue weighted by Gasteiger charge is -2.46. The number of rotatable bonds is 2. The van der Waals surface area contributed by atoms with Crippen LogP contribution >= 0.6 is 11.5 Å². The van der Waals surface area contributed by atoms with Gasteiger partial charge in [-0.25, -0.2) is 0 Å². The molecule has 5 nitrogen and oxygen atoms in total. The Labute approximate surface area is 106 Å². The van der Waals surface area contributed by atoms with E-state index in [1.54, 1.807) is 6.92 Å². The van der Waals surface area contributed by atoms with Gasteiger partial charge in [0.2, 0.25) is 5.91 Å². The molecule has 1 saturated heterocycles. The molecule has 1 fully saturated rings. The maximum absolute atomic E-state index is 11.4. The van der Waals surface area contributed by atoms with Crippen LogP contribution in [0.25, 0.3) is 0 Å². The van der Waals surface area contributed by atoms with Gasteiger partial charge in [-0.15, -0.1) is 5.10 Å². The van der Waals surface area contributed by atoms with Crippen LogP contribution in [-0.2, 0) is 11.3 Å². The summed E-state index contributed by atoms with van der Waals surface area (Å²) in [4.78, 5) is 15.7. The van der Waals surface area contributed by atoms with Gasteiger partial charge in [0.05, 0.1) is 5.69 Å². The number of amides is 1. The molecule has 0 saturated carbocycles. The van der Waals surface area contributed by atoms with Crippen LogP contribution in [0.3, 0.4) is 0 Å². The zero-order chi connectivity index (χ0) is 12.5. The first-order valence-electron chi connectivity index (χ1n) is 5.75. The van der Waals surface area contributed by atoms with Crippen LogP contribution in [0, 0.1) is 0 Å². The van der Waals surface area contributed by atoms with E-state index in [0.29, 0.717) is 0 Å². The highest BCUT2D eigenvalue weighted by Crippen LogP contribution is 2.22. The van der Waals surface area contributed by atoms with Crippen LogP contribution < -0.4 is 0 Å².